The zero-order valence-electron chi connectivity index (χ0n) is 14.3. The van der Waals surface area contributed by atoms with Crippen LogP contribution < -0.4 is 10.1 Å². The number of aromatic nitrogens is 1. The highest BCUT2D eigenvalue weighted by atomic mass is 19.4. The maximum Gasteiger partial charge on any atom is 0.410 e. The number of benzene rings is 2. The second-order valence-corrected chi connectivity index (χ2v) is 6.58. The lowest BCUT2D eigenvalue weighted by atomic mass is 9.84. The van der Waals surface area contributed by atoms with Crippen molar-refractivity contribution in [1.82, 2.24) is 10.3 Å². The maximum absolute atomic E-state index is 14.2. The molecule has 1 aliphatic rings. The van der Waals surface area contributed by atoms with Crippen LogP contribution in [-0.2, 0) is 5.54 Å². The molecule has 136 valence electrons. The molecule has 0 saturated carbocycles. The highest BCUT2D eigenvalue weighted by Gasteiger charge is 2.59. The van der Waals surface area contributed by atoms with Gasteiger partial charge in [0.1, 0.15) is 11.3 Å². The van der Waals surface area contributed by atoms with E-state index >= 15 is 0 Å². The van der Waals surface area contributed by atoms with E-state index in [0.29, 0.717) is 40.9 Å². The predicted molar refractivity (Wildman–Crippen MR) is 95.3 cm³/mol. The molecule has 1 aromatic heterocycles. The number of rotatable bonds is 3. The molecular weight excluding hydrogens is 341 g/mol. The zero-order chi connectivity index (χ0) is 18.4. The van der Waals surface area contributed by atoms with Crippen LogP contribution in [0.5, 0.6) is 5.75 Å². The lowest BCUT2D eigenvalue weighted by Crippen LogP contribution is -2.50. The van der Waals surface area contributed by atoms with Crippen LogP contribution >= 0.6 is 0 Å². The fraction of sp³-hybridized carbons (Fsp3) is 0.300. The minimum atomic E-state index is -4.39. The molecular formula is C20H19F3N2O. The van der Waals surface area contributed by atoms with Crippen LogP contribution in [-0.4, -0.2) is 24.8 Å². The van der Waals surface area contributed by atoms with Crippen molar-refractivity contribution in [3.05, 3.63) is 54.1 Å². The smallest absolute Gasteiger partial charge is 0.410 e. The van der Waals surface area contributed by atoms with E-state index in [4.69, 9.17) is 4.74 Å². The molecule has 3 aromatic rings. The first-order valence-electron chi connectivity index (χ1n) is 8.54. The molecule has 3 nitrogen and oxygen atoms in total. The van der Waals surface area contributed by atoms with E-state index in [0.717, 1.165) is 0 Å². The van der Waals surface area contributed by atoms with Crippen molar-refractivity contribution in [2.45, 2.75) is 24.6 Å². The third-order valence-electron chi connectivity index (χ3n) is 5.15. The van der Waals surface area contributed by atoms with Gasteiger partial charge >= 0.3 is 6.18 Å². The van der Waals surface area contributed by atoms with Gasteiger partial charge in [0.05, 0.1) is 12.8 Å². The summed E-state index contributed by atoms with van der Waals surface area (Å²) in [6.07, 6.45) is -3.88. The molecule has 2 N–H and O–H groups in total. The van der Waals surface area contributed by atoms with Gasteiger partial charge in [0.15, 0.2) is 0 Å². The number of aromatic amines is 1. The fourth-order valence-electron chi connectivity index (χ4n) is 3.90. The molecule has 0 spiro atoms. The van der Waals surface area contributed by atoms with Gasteiger partial charge in [0.2, 0.25) is 0 Å². The highest BCUT2D eigenvalue weighted by molar-refractivity contribution is 5.92. The van der Waals surface area contributed by atoms with Gasteiger partial charge in [0, 0.05) is 16.5 Å². The van der Waals surface area contributed by atoms with Crippen LogP contribution in [0.2, 0.25) is 0 Å². The van der Waals surface area contributed by atoms with E-state index in [1.165, 1.54) is 0 Å². The minimum absolute atomic E-state index is 0.0293. The Labute approximate surface area is 149 Å². The summed E-state index contributed by atoms with van der Waals surface area (Å²) in [5.41, 5.74) is 0.144. The van der Waals surface area contributed by atoms with Crippen molar-refractivity contribution in [3.8, 4) is 17.0 Å². The van der Waals surface area contributed by atoms with Crippen molar-refractivity contribution < 1.29 is 17.9 Å². The fourth-order valence-corrected chi connectivity index (χ4v) is 3.90. The Bertz CT molecular complexity index is 922. The van der Waals surface area contributed by atoms with Gasteiger partial charge in [-0.2, -0.15) is 13.2 Å². The van der Waals surface area contributed by atoms with Crippen molar-refractivity contribution in [2.24, 2.45) is 0 Å². The molecule has 2 heterocycles. The second kappa shape index (κ2) is 6.06. The van der Waals surface area contributed by atoms with Gasteiger partial charge in [-0.1, -0.05) is 18.2 Å². The number of alkyl halides is 3. The quantitative estimate of drug-likeness (QED) is 0.691. The minimum Gasteiger partial charge on any atom is -0.497 e. The van der Waals surface area contributed by atoms with E-state index < -0.39 is 11.7 Å². The topological polar surface area (TPSA) is 37.0 Å². The molecule has 1 atom stereocenters. The number of methoxy groups -OCH3 is 1. The van der Waals surface area contributed by atoms with Crippen molar-refractivity contribution >= 4 is 10.9 Å². The van der Waals surface area contributed by atoms with Gasteiger partial charge < -0.3 is 9.72 Å². The zero-order valence-corrected chi connectivity index (χ0v) is 14.3. The summed E-state index contributed by atoms with van der Waals surface area (Å²) in [5, 5.41) is 3.37. The molecule has 2 aromatic carbocycles. The molecule has 1 aliphatic heterocycles. The summed E-state index contributed by atoms with van der Waals surface area (Å²) in [5.74, 6) is 0.663. The first-order valence-corrected chi connectivity index (χ1v) is 8.54. The lowest BCUT2D eigenvalue weighted by Gasteiger charge is -2.33. The number of hydrogen-bond acceptors (Lipinski definition) is 2. The van der Waals surface area contributed by atoms with Crippen LogP contribution in [0.25, 0.3) is 22.2 Å². The van der Waals surface area contributed by atoms with Gasteiger partial charge in [-0.25, -0.2) is 0 Å². The van der Waals surface area contributed by atoms with Gasteiger partial charge in [-0.3, -0.25) is 5.32 Å². The standard InChI is InChI=1S/C20H19F3N2O/c1-26-14-9-7-13(8-10-14)18-17(15-5-2-3-6-16(15)25-18)19(20(21,22)23)11-4-12-24-19/h2-3,5-10,24-25H,4,11-12H2,1H3. The molecule has 0 bridgehead atoms. The van der Waals surface area contributed by atoms with Crippen molar-refractivity contribution in [1.29, 1.82) is 0 Å². The monoisotopic (exact) mass is 360 g/mol. The number of halogens is 3. The van der Waals surface area contributed by atoms with E-state index in [9.17, 15) is 13.2 Å². The average molecular weight is 360 g/mol. The summed E-state index contributed by atoms with van der Waals surface area (Å²) in [6, 6.07) is 14.2. The van der Waals surface area contributed by atoms with Crippen LogP contribution in [0.1, 0.15) is 18.4 Å². The van der Waals surface area contributed by atoms with Crippen LogP contribution in [0, 0.1) is 0 Å². The first kappa shape index (κ1) is 17.0. The van der Waals surface area contributed by atoms with Gasteiger partial charge in [-0.15, -0.1) is 0 Å². The number of nitrogens with one attached hydrogen (secondary N) is 2. The average Bonchev–Trinajstić information content (AvgIpc) is 3.26. The second-order valence-electron chi connectivity index (χ2n) is 6.58. The third-order valence-corrected chi connectivity index (χ3v) is 5.15. The Morgan fingerprint density at radius 2 is 1.77 bits per heavy atom. The molecule has 0 radical (unpaired) electrons. The van der Waals surface area contributed by atoms with E-state index in [2.05, 4.69) is 10.3 Å². The molecule has 1 fully saturated rings. The van der Waals surface area contributed by atoms with Crippen molar-refractivity contribution in [2.75, 3.05) is 13.7 Å². The Morgan fingerprint density at radius 3 is 2.38 bits per heavy atom. The Hall–Kier alpha value is -2.47. The maximum atomic E-state index is 14.2. The summed E-state index contributed by atoms with van der Waals surface area (Å²) in [7, 11) is 1.56. The lowest BCUT2D eigenvalue weighted by molar-refractivity contribution is -0.195. The normalized spacial score (nSPS) is 20.6. The highest BCUT2D eigenvalue weighted by Crippen LogP contribution is 2.50. The number of hydrogen-bond donors (Lipinski definition) is 2. The van der Waals surface area contributed by atoms with E-state index in [-0.39, 0.29) is 12.0 Å². The Kier molecular flexibility index (Phi) is 3.95. The Balaban J connectivity index is 2.00. The number of fused-ring (bicyclic) bond motifs is 1. The van der Waals surface area contributed by atoms with E-state index in [1.54, 1.807) is 43.5 Å². The summed E-state index contributed by atoms with van der Waals surface area (Å²) >= 11 is 0. The summed E-state index contributed by atoms with van der Waals surface area (Å²) < 4.78 is 47.8. The number of para-hydroxylation sites is 1. The largest absolute Gasteiger partial charge is 0.497 e. The third kappa shape index (κ3) is 2.48. The molecule has 0 amide bonds. The molecule has 26 heavy (non-hydrogen) atoms. The van der Waals surface area contributed by atoms with Crippen molar-refractivity contribution in [3.63, 3.8) is 0 Å². The first-order chi connectivity index (χ1) is 12.5. The van der Waals surface area contributed by atoms with Gasteiger partial charge in [-0.05, 0) is 55.3 Å². The summed E-state index contributed by atoms with van der Waals surface area (Å²) in [6.45, 7) is 0.348. The van der Waals surface area contributed by atoms with Crippen LogP contribution in [0.3, 0.4) is 0 Å². The Morgan fingerprint density at radius 1 is 1.04 bits per heavy atom. The molecule has 1 saturated heterocycles. The van der Waals surface area contributed by atoms with E-state index in [1.807, 2.05) is 12.1 Å². The molecule has 4 rings (SSSR count). The van der Waals surface area contributed by atoms with Crippen LogP contribution in [0.15, 0.2) is 48.5 Å². The predicted octanol–water partition coefficient (Wildman–Crippen LogP) is 4.98. The number of ether oxygens (including phenoxy) is 1. The molecule has 0 aliphatic carbocycles. The molecule has 1 unspecified atom stereocenters. The number of H-pyrrole nitrogens is 1. The van der Waals surface area contributed by atoms with Crippen LogP contribution in [0.4, 0.5) is 13.2 Å². The van der Waals surface area contributed by atoms with Gasteiger partial charge in [0.25, 0.3) is 0 Å². The SMILES string of the molecule is COc1ccc(-c2[nH]c3ccccc3c2C2(C(F)(F)F)CCCN2)cc1. The summed E-state index contributed by atoms with van der Waals surface area (Å²) in [4.78, 5) is 3.21. The molecule has 6 heteroatoms.